The van der Waals surface area contributed by atoms with Gasteiger partial charge in [-0.15, -0.1) is 5.10 Å². The van der Waals surface area contributed by atoms with Crippen LogP contribution in [0.25, 0.3) is 22.0 Å². The van der Waals surface area contributed by atoms with Crippen LogP contribution in [0.1, 0.15) is 64.9 Å². The maximum atomic E-state index is 13.5. The Morgan fingerprint density at radius 2 is 1.81 bits per heavy atom. The zero-order valence-electron chi connectivity index (χ0n) is 24.0. The van der Waals surface area contributed by atoms with Crippen molar-refractivity contribution in [3.8, 4) is 17.2 Å². The van der Waals surface area contributed by atoms with Crippen molar-refractivity contribution in [2.75, 3.05) is 18.4 Å². The summed E-state index contributed by atoms with van der Waals surface area (Å²) < 4.78 is 12.4. The number of nitrogens with one attached hydrogen (secondary N) is 1. The summed E-state index contributed by atoms with van der Waals surface area (Å²) in [6, 6.07) is 12.4. The highest BCUT2D eigenvalue weighted by Gasteiger charge is 2.32. The summed E-state index contributed by atoms with van der Waals surface area (Å²) >= 11 is 6.48. The van der Waals surface area contributed by atoms with Gasteiger partial charge in [-0.1, -0.05) is 17.7 Å². The molecule has 2 heterocycles. The number of hydrogen-bond acceptors (Lipinski definition) is 7. The monoisotopic (exact) mass is 591 g/mol. The van der Waals surface area contributed by atoms with Gasteiger partial charge < -0.3 is 19.7 Å². The van der Waals surface area contributed by atoms with Gasteiger partial charge in [-0.05, 0) is 95.2 Å². The number of nitriles is 1. The molecule has 5 rings (SSSR count). The first-order chi connectivity index (χ1) is 20.0. The number of hydrogen-bond donors (Lipinski definition) is 1. The molecule has 2 aliphatic rings. The molecule has 1 atom stereocenters. The number of ether oxygens (including phenoxy) is 2. The smallest absolute Gasteiger partial charge is 0.435 e. The van der Waals surface area contributed by atoms with Gasteiger partial charge in [-0.2, -0.15) is 9.94 Å². The highest BCUT2D eigenvalue weighted by molar-refractivity contribution is 6.33. The zero-order chi connectivity index (χ0) is 30.0. The number of aromatic nitrogens is 2. The number of halogens is 1. The van der Waals surface area contributed by atoms with E-state index in [9.17, 15) is 19.6 Å². The van der Waals surface area contributed by atoms with Gasteiger partial charge in [0, 0.05) is 29.1 Å². The predicted octanol–water partition coefficient (Wildman–Crippen LogP) is 6.74. The summed E-state index contributed by atoms with van der Waals surface area (Å²) in [6.45, 7) is 6.13. The zero-order valence-corrected chi connectivity index (χ0v) is 24.7. The summed E-state index contributed by atoms with van der Waals surface area (Å²) in [6.07, 6.45) is 3.64. The second-order valence-electron chi connectivity index (χ2n) is 11.8. The third-order valence-corrected chi connectivity index (χ3v) is 7.84. The van der Waals surface area contributed by atoms with Crippen molar-refractivity contribution in [3.63, 3.8) is 0 Å². The fourth-order valence-corrected chi connectivity index (χ4v) is 5.66. The number of anilines is 1. The third-order valence-electron chi connectivity index (χ3n) is 7.51. The highest BCUT2D eigenvalue weighted by Crippen LogP contribution is 2.34. The van der Waals surface area contributed by atoms with Crippen molar-refractivity contribution in [2.45, 2.75) is 71.0 Å². The van der Waals surface area contributed by atoms with E-state index in [4.69, 9.17) is 21.1 Å². The Bertz CT molecular complexity index is 1560. The fourth-order valence-electron chi connectivity index (χ4n) is 5.43. The van der Waals surface area contributed by atoms with Crippen LogP contribution >= 0.6 is 11.6 Å². The van der Waals surface area contributed by atoms with Gasteiger partial charge >= 0.3 is 12.2 Å². The summed E-state index contributed by atoms with van der Waals surface area (Å²) in [5.74, 6) is -0.599. The fraction of sp³-hybridized carbons (Fsp3) is 0.452. The van der Waals surface area contributed by atoms with E-state index in [0.29, 0.717) is 52.0 Å². The van der Waals surface area contributed by atoms with Crippen molar-refractivity contribution in [3.05, 3.63) is 47.0 Å². The predicted molar refractivity (Wildman–Crippen MR) is 158 cm³/mol. The minimum Gasteiger partial charge on any atom is -0.445 e. The molecule has 1 aliphatic heterocycles. The molecule has 0 unspecified atom stereocenters. The quantitative estimate of drug-likeness (QED) is 0.356. The van der Waals surface area contributed by atoms with E-state index in [2.05, 4.69) is 16.5 Å². The molecule has 2 amide bonds. The lowest BCUT2D eigenvalue weighted by molar-refractivity contribution is -0.121. The summed E-state index contributed by atoms with van der Waals surface area (Å²) in [5.41, 5.74) is 1.60. The SMILES string of the molecule is CC(C)(C)OC(=O)N1CCC[C@@H](C(=O)Nc2nn(C(=O)OC3CCCC3)c3ccc(-c4cc(C#N)ccc4Cl)cc23)C1. The summed E-state index contributed by atoms with van der Waals surface area (Å²) in [5, 5.41) is 17.7. The van der Waals surface area contributed by atoms with Gasteiger partial charge in [0.05, 0.1) is 23.1 Å². The van der Waals surface area contributed by atoms with E-state index in [1.54, 1.807) is 62.1 Å². The molecule has 3 aromatic rings. The Balaban J connectivity index is 1.46. The maximum Gasteiger partial charge on any atom is 0.435 e. The van der Waals surface area contributed by atoms with Crippen molar-refractivity contribution >= 4 is 46.4 Å². The molecule has 2 aromatic carbocycles. The second-order valence-corrected chi connectivity index (χ2v) is 12.3. The van der Waals surface area contributed by atoms with Crippen LogP contribution in [0.15, 0.2) is 36.4 Å². The van der Waals surface area contributed by atoms with Gasteiger partial charge in [0.1, 0.15) is 11.7 Å². The number of fused-ring (bicyclic) bond motifs is 1. The molecule has 1 saturated carbocycles. The lowest BCUT2D eigenvalue weighted by Crippen LogP contribution is -2.45. The van der Waals surface area contributed by atoms with Gasteiger partial charge in [0.15, 0.2) is 5.82 Å². The average Bonchev–Trinajstić information content (AvgIpc) is 3.60. The first-order valence-electron chi connectivity index (χ1n) is 14.2. The number of carbonyl (C=O) groups excluding carboxylic acids is 3. The number of carbonyl (C=O) groups is 3. The Kier molecular flexibility index (Phi) is 8.41. The van der Waals surface area contributed by atoms with Gasteiger partial charge in [-0.3, -0.25) is 4.79 Å². The Labute approximate surface area is 249 Å². The Morgan fingerprint density at radius 3 is 2.52 bits per heavy atom. The molecule has 1 aromatic heterocycles. The van der Waals surface area contributed by atoms with Crippen molar-refractivity contribution in [1.29, 1.82) is 5.26 Å². The van der Waals surface area contributed by atoms with Crippen molar-refractivity contribution < 1.29 is 23.9 Å². The van der Waals surface area contributed by atoms with E-state index in [-0.39, 0.29) is 24.4 Å². The van der Waals surface area contributed by atoms with E-state index >= 15 is 0 Å². The molecule has 1 N–H and O–H groups in total. The normalized spacial score (nSPS) is 17.6. The average molecular weight is 592 g/mol. The molecular formula is C31H34ClN5O5. The van der Waals surface area contributed by atoms with E-state index < -0.39 is 23.7 Å². The van der Waals surface area contributed by atoms with E-state index in [0.717, 1.165) is 25.7 Å². The van der Waals surface area contributed by atoms with Crippen LogP contribution in [0.4, 0.5) is 15.4 Å². The first kappa shape index (κ1) is 29.4. The largest absolute Gasteiger partial charge is 0.445 e. The molecule has 2 fully saturated rings. The molecular weight excluding hydrogens is 558 g/mol. The van der Waals surface area contributed by atoms with Crippen LogP contribution in [-0.4, -0.2) is 57.6 Å². The Morgan fingerprint density at radius 1 is 1.05 bits per heavy atom. The van der Waals surface area contributed by atoms with Gasteiger partial charge in [-0.25, -0.2) is 9.59 Å². The third kappa shape index (κ3) is 6.52. The second kappa shape index (κ2) is 12.0. The number of nitrogens with zero attached hydrogens (tertiary/aromatic N) is 4. The number of rotatable bonds is 4. The molecule has 1 aliphatic carbocycles. The number of likely N-dealkylation sites (tertiary alicyclic amines) is 1. The highest BCUT2D eigenvalue weighted by atomic mass is 35.5. The van der Waals surface area contributed by atoms with Crippen LogP contribution < -0.4 is 5.32 Å². The van der Waals surface area contributed by atoms with Crippen molar-refractivity contribution in [1.82, 2.24) is 14.7 Å². The molecule has 0 spiro atoms. The van der Waals surface area contributed by atoms with E-state index in [1.807, 2.05) is 0 Å². The van der Waals surface area contributed by atoms with E-state index in [1.165, 1.54) is 4.68 Å². The minimum absolute atomic E-state index is 0.164. The topological polar surface area (TPSA) is 127 Å². The molecule has 0 radical (unpaired) electrons. The van der Waals surface area contributed by atoms with Crippen molar-refractivity contribution in [2.24, 2.45) is 5.92 Å². The van der Waals surface area contributed by atoms with Gasteiger partial charge in [0.25, 0.3) is 0 Å². The van der Waals surface area contributed by atoms with Crippen LogP contribution in [0, 0.1) is 17.2 Å². The standard InChI is InChI=1S/C31H34ClN5O5/c1-31(2,3)42-29(39)36-14-6-7-21(18-36)28(38)34-27-24-16-20(23-15-19(17-33)10-12-25(23)32)11-13-26(24)37(35-27)30(40)41-22-8-4-5-9-22/h10-13,15-16,21-22H,4-9,14,18H2,1-3H3,(H,34,35,38)/t21-/m1/s1. The molecule has 0 bridgehead atoms. The van der Waals surface area contributed by atoms with Crippen LogP contribution in [0.3, 0.4) is 0 Å². The van der Waals surface area contributed by atoms with Crippen LogP contribution in [-0.2, 0) is 14.3 Å². The van der Waals surface area contributed by atoms with Crippen LogP contribution in [0.2, 0.25) is 5.02 Å². The Hall–Kier alpha value is -4.10. The first-order valence-corrected chi connectivity index (χ1v) is 14.6. The number of piperidine rings is 1. The molecule has 220 valence electrons. The summed E-state index contributed by atoms with van der Waals surface area (Å²) in [7, 11) is 0. The maximum absolute atomic E-state index is 13.5. The lowest BCUT2D eigenvalue weighted by atomic mass is 9.97. The molecule has 1 saturated heterocycles. The number of benzene rings is 2. The number of amides is 2. The minimum atomic E-state index is -0.640. The molecule has 42 heavy (non-hydrogen) atoms. The lowest BCUT2D eigenvalue weighted by Gasteiger charge is -2.33. The molecule has 10 nitrogen and oxygen atoms in total. The van der Waals surface area contributed by atoms with Crippen LogP contribution in [0.5, 0.6) is 0 Å². The summed E-state index contributed by atoms with van der Waals surface area (Å²) in [4.78, 5) is 40.9. The molecule has 11 heteroatoms. The van der Waals surface area contributed by atoms with Gasteiger partial charge in [0.2, 0.25) is 5.91 Å².